The smallest absolute Gasteiger partial charge is 0.168 e. The summed E-state index contributed by atoms with van der Waals surface area (Å²) in [6.07, 6.45) is 17.1. The first-order chi connectivity index (χ1) is 16.6. The lowest BCUT2D eigenvalue weighted by molar-refractivity contribution is -0.195. The van der Waals surface area contributed by atoms with Gasteiger partial charge < -0.3 is 19.3 Å². The van der Waals surface area contributed by atoms with E-state index in [-0.39, 0.29) is 12.2 Å². The Balaban J connectivity index is 1.69. The van der Waals surface area contributed by atoms with Gasteiger partial charge in [0.05, 0.1) is 19.3 Å². The van der Waals surface area contributed by atoms with Crippen LogP contribution in [0.2, 0.25) is 0 Å². The van der Waals surface area contributed by atoms with E-state index in [2.05, 4.69) is 32.9 Å². The van der Waals surface area contributed by atoms with Gasteiger partial charge in [-0.2, -0.15) is 0 Å². The number of rotatable bonds is 20. The molecule has 0 amide bonds. The number of ether oxygens (including phenoxy) is 3. The third-order valence-electron chi connectivity index (χ3n) is 7.34. The molecule has 0 radical (unpaired) electrons. The molecule has 0 aromatic heterocycles. The SMILES string of the molecule is CCCCCCCCCCCCCC[C@@H](O)[C@@H](OCc1ccccc1)[C@H]1COC(CC)(CC)O1. The Morgan fingerprint density at radius 3 is 1.94 bits per heavy atom. The Morgan fingerprint density at radius 2 is 1.41 bits per heavy atom. The highest BCUT2D eigenvalue weighted by molar-refractivity contribution is 5.13. The molecule has 0 bridgehead atoms. The summed E-state index contributed by atoms with van der Waals surface area (Å²) in [5, 5.41) is 11.1. The van der Waals surface area contributed by atoms with Gasteiger partial charge in [-0.1, -0.05) is 128 Å². The average molecular weight is 477 g/mol. The zero-order valence-corrected chi connectivity index (χ0v) is 22.3. The number of benzene rings is 1. The van der Waals surface area contributed by atoms with E-state index in [1.54, 1.807) is 0 Å². The molecule has 1 saturated heterocycles. The van der Waals surface area contributed by atoms with Crippen molar-refractivity contribution in [3.8, 4) is 0 Å². The summed E-state index contributed by atoms with van der Waals surface area (Å²) >= 11 is 0. The third kappa shape index (κ3) is 10.8. The van der Waals surface area contributed by atoms with E-state index in [0.29, 0.717) is 13.2 Å². The fourth-order valence-electron chi connectivity index (χ4n) is 4.95. The summed E-state index contributed by atoms with van der Waals surface area (Å²) in [6, 6.07) is 10.2. The summed E-state index contributed by atoms with van der Waals surface area (Å²) in [5.41, 5.74) is 1.11. The van der Waals surface area contributed by atoms with Crippen LogP contribution in [0.3, 0.4) is 0 Å². The Kier molecular flexibility index (Phi) is 15.1. The zero-order valence-electron chi connectivity index (χ0n) is 22.3. The van der Waals surface area contributed by atoms with Crippen LogP contribution in [0.25, 0.3) is 0 Å². The van der Waals surface area contributed by atoms with E-state index < -0.39 is 11.9 Å². The molecule has 2 rings (SSSR count). The minimum atomic E-state index is -0.537. The maximum absolute atomic E-state index is 11.1. The Morgan fingerprint density at radius 1 is 0.853 bits per heavy atom. The highest BCUT2D eigenvalue weighted by Crippen LogP contribution is 2.33. The van der Waals surface area contributed by atoms with Gasteiger partial charge in [-0.3, -0.25) is 0 Å². The second-order valence-corrected chi connectivity index (χ2v) is 10.1. The maximum Gasteiger partial charge on any atom is 0.168 e. The van der Waals surface area contributed by atoms with Crippen molar-refractivity contribution in [3.05, 3.63) is 35.9 Å². The van der Waals surface area contributed by atoms with Gasteiger partial charge in [0.1, 0.15) is 12.2 Å². The van der Waals surface area contributed by atoms with Gasteiger partial charge >= 0.3 is 0 Å². The van der Waals surface area contributed by atoms with Gasteiger partial charge in [-0.25, -0.2) is 0 Å². The first-order valence-corrected chi connectivity index (χ1v) is 14.3. The number of aliphatic hydroxyl groups excluding tert-OH is 1. The van der Waals surface area contributed by atoms with Crippen LogP contribution in [-0.2, 0) is 20.8 Å². The van der Waals surface area contributed by atoms with Crippen LogP contribution in [-0.4, -0.2) is 35.8 Å². The standard InChI is InChI=1S/C30H52O4/c1-4-7-8-9-10-11-12-13-14-15-16-20-23-27(31)29(32-24-26-21-18-17-19-22-26)28-25-33-30(5-2,6-3)34-28/h17-19,21-22,27-29,31H,4-16,20,23-25H2,1-3H3/t27-,28-,29-/m1/s1. The van der Waals surface area contributed by atoms with Gasteiger partial charge in [0.15, 0.2) is 5.79 Å². The van der Waals surface area contributed by atoms with Crippen LogP contribution in [0.1, 0.15) is 123 Å². The molecule has 1 fully saturated rings. The molecule has 1 aliphatic rings. The van der Waals surface area contributed by atoms with Crippen LogP contribution in [0.4, 0.5) is 0 Å². The van der Waals surface area contributed by atoms with Crippen molar-refractivity contribution in [2.75, 3.05) is 6.61 Å². The molecule has 0 aliphatic carbocycles. The van der Waals surface area contributed by atoms with Crippen molar-refractivity contribution in [1.82, 2.24) is 0 Å². The molecule has 4 nitrogen and oxygen atoms in total. The number of hydrogen-bond donors (Lipinski definition) is 1. The van der Waals surface area contributed by atoms with E-state index in [9.17, 15) is 5.11 Å². The second kappa shape index (κ2) is 17.5. The van der Waals surface area contributed by atoms with Crippen molar-refractivity contribution in [2.45, 2.75) is 148 Å². The summed E-state index contributed by atoms with van der Waals surface area (Å²) in [5.74, 6) is -0.533. The highest BCUT2D eigenvalue weighted by atomic mass is 16.8. The maximum atomic E-state index is 11.1. The Labute approximate surface area is 209 Å². The minimum Gasteiger partial charge on any atom is -0.390 e. The molecule has 1 N–H and O–H groups in total. The number of unbranched alkanes of at least 4 members (excludes halogenated alkanes) is 11. The first-order valence-electron chi connectivity index (χ1n) is 14.3. The van der Waals surface area contributed by atoms with E-state index >= 15 is 0 Å². The molecule has 1 aromatic carbocycles. The first kappa shape index (κ1) is 29.3. The van der Waals surface area contributed by atoms with Crippen LogP contribution in [0.5, 0.6) is 0 Å². The molecule has 0 unspecified atom stereocenters. The van der Waals surface area contributed by atoms with Crippen molar-refractivity contribution in [1.29, 1.82) is 0 Å². The van der Waals surface area contributed by atoms with E-state index in [1.807, 2.05) is 18.2 Å². The fourth-order valence-corrected chi connectivity index (χ4v) is 4.95. The van der Waals surface area contributed by atoms with Gasteiger partial charge in [-0.05, 0) is 24.8 Å². The Bertz CT molecular complexity index is 601. The number of hydrogen-bond acceptors (Lipinski definition) is 4. The lowest BCUT2D eigenvalue weighted by Crippen LogP contribution is -2.42. The third-order valence-corrected chi connectivity index (χ3v) is 7.34. The summed E-state index contributed by atoms with van der Waals surface area (Å²) in [6.45, 7) is 7.42. The van der Waals surface area contributed by atoms with Gasteiger partial charge in [0.25, 0.3) is 0 Å². The molecule has 196 valence electrons. The van der Waals surface area contributed by atoms with Gasteiger partial charge in [-0.15, -0.1) is 0 Å². The average Bonchev–Trinajstić information content (AvgIpc) is 3.30. The van der Waals surface area contributed by atoms with E-state index in [1.165, 1.54) is 70.6 Å². The molecule has 0 saturated carbocycles. The quantitative estimate of drug-likeness (QED) is 0.194. The lowest BCUT2D eigenvalue weighted by Gasteiger charge is -2.30. The molecule has 4 heteroatoms. The lowest BCUT2D eigenvalue weighted by atomic mass is 10.00. The van der Waals surface area contributed by atoms with Crippen molar-refractivity contribution < 1.29 is 19.3 Å². The number of aliphatic hydroxyl groups is 1. The monoisotopic (exact) mass is 476 g/mol. The molecular weight excluding hydrogens is 424 g/mol. The molecule has 34 heavy (non-hydrogen) atoms. The van der Waals surface area contributed by atoms with Crippen molar-refractivity contribution in [3.63, 3.8) is 0 Å². The van der Waals surface area contributed by atoms with Gasteiger partial charge in [0, 0.05) is 0 Å². The van der Waals surface area contributed by atoms with Crippen LogP contribution in [0, 0.1) is 0 Å². The largest absolute Gasteiger partial charge is 0.390 e. The van der Waals surface area contributed by atoms with Crippen molar-refractivity contribution in [2.24, 2.45) is 0 Å². The summed E-state index contributed by atoms with van der Waals surface area (Å²) in [4.78, 5) is 0. The van der Waals surface area contributed by atoms with E-state index in [0.717, 1.165) is 31.2 Å². The molecule has 1 aliphatic heterocycles. The topological polar surface area (TPSA) is 47.9 Å². The predicted molar refractivity (Wildman–Crippen MR) is 141 cm³/mol. The molecule has 0 spiro atoms. The van der Waals surface area contributed by atoms with E-state index in [4.69, 9.17) is 14.2 Å². The normalized spacial score (nSPS) is 19.4. The second-order valence-electron chi connectivity index (χ2n) is 10.1. The zero-order chi connectivity index (χ0) is 24.5. The van der Waals surface area contributed by atoms with Gasteiger partial charge in [0.2, 0.25) is 0 Å². The van der Waals surface area contributed by atoms with Crippen LogP contribution in [0.15, 0.2) is 30.3 Å². The van der Waals surface area contributed by atoms with Crippen LogP contribution < -0.4 is 0 Å². The fraction of sp³-hybridized carbons (Fsp3) is 0.800. The highest BCUT2D eigenvalue weighted by Gasteiger charge is 2.44. The minimum absolute atomic E-state index is 0.226. The molecular formula is C30H52O4. The Hall–Kier alpha value is -0.940. The predicted octanol–water partition coefficient (Wildman–Crippen LogP) is 7.96. The van der Waals surface area contributed by atoms with Crippen molar-refractivity contribution >= 4 is 0 Å². The molecule has 1 aromatic rings. The summed E-state index contributed by atoms with van der Waals surface area (Å²) < 4.78 is 18.6. The molecule has 3 atom stereocenters. The summed E-state index contributed by atoms with van der Waals surface area (Å²) in [7, 11) is 0. The van der Waals surface area contributed by atoms with Crippen LogP contribution >= 0.6 is 0 Å². The molecule has 1 heterocycles.